The Morgan fingerprint density at radius 1 is 1.07 bits per heavy atom. The standard InChI is InChI=1S/C21H17N3O4/c25-21(27-12-18-23-24-20(28-18)17-10-5-11-26-17)19-13-6-1-3-8-15(13)22-16-9-4-2-7-14(16)19/h1,3,5-6,8,10-11H,2,4,7,9,12H2. The van der Waals surface area contributed by atoms with Crippen molar-refractivity contribution in [3.8, 4) is 11.7 Å². The van der Waals surface area contributed by atoms with Gasteiger partial charge in [-0.1, -0.05) is 18.2 Å². The molecule has 0 N–H and O–H groups in total. The fourth-order valence-electron chi connectivity index (χ4n) is 3.62. The summed E-state index contributed by atoms with van der Waals surface area (Å²) < 4.78 is 16.3. The lowest BCUT2D eigenvalue weighted by Crippen LogP contribution is -2.15. The predicted octanol–water partition coefficient (Wildman–Crippen LogP) is 4.11. The van der Waals surface area contributed by atoms with E-state index in [1.807, 2.05) is 24.3 Å². The van der Waals surface area contributed by atoms with Gasteiger partial charge in [0.1, 0.15) is 0 Å². The molecule has 0 atom stereocenters. The molecule has 0 unspecified atom stereocenters. The monoisotopic (exact) mass is 375 g/mol. The molecule has 7 nitrogen and oxygen atoms in total. The highest BCUT2D eigenvalue weighted by molar-refractivity contribution is 6.05. The molecule has 1 aliphatic carbocycles. The summed E-state index contributed by atoms with van der Waals surface area (Å²) in [6.45, 7) is -0.0992. The second-order valence-corrected chi connectivity index (χ2v) is 6.69. The number of fused-ring (bicyclic) bond motifs is 2. The Kier molecular flexibility index (Phi) is 4.12. The fraction of sp³-hybridized carbons (Fsp3) is 0.238. The SMILES string of the molecule is O=C(OCc1nnc(-c2ccco2)o1)c1c2c(nc3ccccc13)CCCC2. The van der Waals surface area contributed by atoms with Gasteiger partial charge in [-0.2, -0.15) is 0 Å². The number of nitrogens with zero attached hydrogens (tertiary/aromatic N) is 3. The molecule has 0 fully saturated rings. The number of carbonyl (C=O) groups is 1. The highest BCUT2D eigenvalue weighted by atomic mass is 16.5. The van der Waals surface area contributed by atoms with E-state index in [-0.39, 0.29) is 18.4 Å². The largest absolute Gasteiger partial charge is 0.459 e. The molecule has 3 heterocycles. The quantitative estimate of drug-likeness (QED) is 0.496. The molecule has 7 heteroatoms. The van der Waals surface area contributed by atoms with Crippen molar-refractivity contribution < 1.29 is 18.4 Å². The second kappa shape index (κ2) is 6.92. The van der Waals surface area contributed by atoms with E-state index < -0.39 is 5.97 Å². The van der Waals surface area contributed by atoms with Crippen LogP contribution in [0, 0.1) is 0 Å². The number of esters is 1. The van der Waals surface area contributed by atoms with Crippen molar-refractivity contribution in [3.05, 3.63) is 65.4 Å². The first-order valence-electron chi connectivity index (χ1n) is 9.23. The first-order chi connectivity index (χ1) is 13.8. The summed E-state index contributed by atoms with van der Waals surface area (Å²) in [5, 5.41) is 8.65. The molecule has 1 aromatic carbocycles. The number of hydrogen-bond donors (Lipinski definition) is 0. The molecule has 0 aliphatic heterocycles. The number of carbonyl (C=O) groups excluding carboxylic acids is 1. The van der Waals surface area contributed by atoms with Gasteiger partial charge in [0, 0.05) is 11.1 Å². The average Bonchev–Trinajstić information content (AvgIpc) is 3.42. The van der Waals surface area contributed by atoms with E-state index >= 15 is 0 Å². The molecule has 0 radical (unpaired) electrons. The van der Waals surface area contributed by atoms with Gasteiger partial charge >= 0.3 is 5.97 Å². The van der Waals surface area contributed by atoms with Crippen LogP contribution in [0.2, 0.25) is 0 Å². The van der Waals surface area contributed by atoms with Crippen molar-refractivity contribution in [2.45, 2.75) is 32.3 Å². The van der Waals surface area contributed by atoms with E-state index in [9.17, 15) is 4.79 Å². The fourth-order valence-corrected chi connectivity index (χ4v) is 3.62. The van der Waals surface area contributed by atoms with Gasteiger partial charge in [0.2, 0.25) is 0 Å². The van der Waals surface area contributed by atoms with Gasteiger partial charge in [0.15, 0.2) is 12.4 Å². The third-order valence-electron chi connectivity index (χ3n) is 4.90. The van der Waals surface area contributed by atoms with E-state index in [1.54, 1.807) is 12.1 Å². The second-order valence-electron chi connectivity index (χ2n) is 6.69. The topological polar surface area (TPSA) is 91.2 Å². The van der Waals surface area contributed by atoms with Crippen LogP contribution in [0.15, 0.2) is 51.5 Å². The highest BCUT2D eigenvalue weighted by Gasteiger charge is 2.24. The van der Waals surface area contributed by atoms with Gasteiger partial charge in [0.25, 0.3) is 11.8 Å². The van der Waals surface area contributed by atoms with Crippen molar-refractivity contribution in [1.82, 2.24) is 15.2 Å². The molecule has 4 aromatic rings. The van der Waals surface area contributed by atoms with Gasteiger partial charge < -0.3 is 13.6 Å². The Morgan fingerprint density at radius 2 is 1.96 bits per heavy atom. The van der Waals surface area contributed by atoms with Gasteiger partial charge in [-0.3, -0.25) is 4.98 Å². The van der Waals surface area contributed by atoms with Crippen molar-refractivity contribution in [2.24, 2.45) is 0 Å². The number of benzene rings is 1. The number of hydrogen-bond acceptors (Lipinski definition) is 7. The van der Waals surface area contributed by atoms with Gasteiger partial charge in [-0.15, -0.1) is 10.2 Å². The van der Waals surface area contributed by atoms with Crippen molar-refractivity contribution >= 4 is 16.9 Å². The van der Waals surface area contributed by atoms with Gasteiger partial charge in [0.05, 0.1) is 17.3 Å². The Labute approximate surface area is 160 Å². The van der Waals surface area contributed by atoms with E-state index in [0.29, 0.717) is 11.3 Å². The van der Waals surface area contributed by atoms with Crippen LogP contribution in [0.4, 0.5) is 0 Å². The Hall–Kier alpha value is -3.48. The first kappa shape index (κ1) is 16.7. The van der Waals surface area contributed by atoms with E-state index in [4.69, 9.17) is 18.6 Å². The minimum Gasteiger partial charge on any atom is -0.459 e. The molecule has 0 amide bonds. The van der Waals surface area contributed by atoms with Crippen LogP contribution >= 0.6 is 0 Å². The van der Waals surface area contributed by atoms with Crippen LogP contribution in [0.1, 0.15) is 40.3 Å². The lowest BCUT2D eigenvalue weighted by atomic mass is 9.90. The van der Waals surface area contributed by atoms with Gasteiger partial charge in [-0.05, 0) is 49.4 Å². The first-order valence-corrected chi connectivity index (χ1v) is 9.23. The number of aromatic nitrogens is 3. The minimum absolute atomic E-state index is 0.0992. The van der Waals surface area contributed by atoms with Crippen LogP contribution in [-0.4, -0.2) is 21.2 Å². The van der Waals surface area contributed by atoms with Crippen LogP contribution in [0.3, 0.4) is 0 Å². The Morgan fingerprint density at radius 3 is 2.86 bits per heavy atom. The number of ether oxygens (including phenoxy) is 1. The normalized spacial score (nSPS) is 13.4. The van der Waals surface area contributed by atoms with Gasteiger partial charge in [-0.25, -0.2) is 4.79 Å². The zero-order valence-corrected chi connectivity index (χ0v) is 15.1. The van der Waals surface area contributed by atoms with Crippen LogP contribution < -0.4 is 0 Å². The molecule has 3 aromatic heterocycles. The Balaban J connectivity index is 1.43. The maximum Gasteiger partial charge on any atom is 0.339 e. The zero-order chi connectivity index (χ0) is 18.9. The Bertz CT molecular complexity index is 1150. The molecule has 1 aliphatic rings. The maximum absolute atomic E-state index is 13.0. The zero-order valence-electron chi connectivity index (χ0n) is 15.1. The molecule has 0 saturated carbocycles. The molecule has 0 saturated heterocycles. The van der Waals surface area contributed by atoms with Crippen LogP contribution in [-0.2, 0) is 24.2 Å². The molecule has 5 rings (SSSR count). The number of furan rings is 1. The number of para-hydroxylation sites is 1. The molecule has 28 heavy (non-hydrogen) atoms. The van der Waals surface area contributed by atoms with Crippen LogP contribution in [0.25, 0.3) is 22.6 Å². The van der Waals surface area contributed by atoms with Crippen LogP contribution in [0.5, 0.6) is 0 Å². The van der Waals surface area contributed by atoms with Crippen molar-refractivity contribution in [1.29, 1.82) is 0 Å². The third-order valence-corrected chi connectivity index (χ3v) is 4.90. The average molecular weight is 375 g/mol. The summed E-state index contributed by atoms with van der Waals surface area (Å²) in [4.78, 5) is 17.7. The van der Waals surface area contributed by atoms with E-state index in [0.717, 1.165) is 47.8 Å². The van der Waals surface area contributed by atoms with Crippen molar-refractivity contribution in [3.63, 3.8) is 0 Å². The minimum atomic E-state index is -0.394. The summed E-state index contributed by atoms with van der Waals surface area (Å²) in [7, 11) is 0. The summed E-state index contributed by atoms with van der Waals surface area (Å²) in [6, 6.07) is 11.1. The molecule has 0 spiro atoms. The maximum atomic E-state index is 13.0. The lowest BCUT2D eigenvalue weighted by molar-refractivity contribution is 0.0439. The summed E-state index contributed by atoms with van der Waals surface area (Å²) >= 11 is 0. The number of pyridine rings is 1. The molecular formula is C21H17N3O4. The van der Waals surface area contributed by atoms with E-state index in [2.05, 4.69) is 10.2 Å². The lowest BCUT2D eigenvalue weighted by Gasteiger charge is -2.19. The third kappa shape index (κ3) is 2.94. The smallest absolute Gasteiger partial charge is 0.339 e. The summed E-state index contributed by atoms with van der Waals surface area (Å²) in [5.41, 5.74) is 3.41. The molecule has 140 valence electrons. The highest BCUT2D eigenvalue weighted by Crippen LogP contribution is 2.30. The number of aryl methyl sites for hydroxylation is 1. The summed E-state index contributed by atoms with van der Waals surface area (Å²) in [5.74, 6) is 0.545. The van der Waals surface area contributed by atoms with Crippen molar-refractivity contribution in [2.75, 3.05) is 0 Å². The number of rotatable bonds is 4. The summed E-state index contributed by atoms with van der Waals surface area (Å²) in [6.07, 6.45) is 5.38. The molecule has 0 bridgehead atoms. The molecular weight excluding hydrogens is 358 g/mol. The predicted molar refractivity (Wildman–Crippen MR) is 99.5 cm³/mol. The van der Waals surface area contributed by atoms with E-state index in [1.165, 1.54) is 6.26 Å².